The Labute approximate surface area is 155 Å². The van der Waals surface area contributed by atoms with Crippen LogP contribution in [0.5, 0.6) is 0 Å². The molecular formula is C21H25ClN2O. The molecule has 3 nitrogen and oxygen atoms in total. The van der Waals surface area contributed by atoms with Crippen molar-refractivity contribution in [3.63, 3.8) is 0 Å². The van der Waals surface area contributed by atoms with Crippen molar-refractivity contribution in [2.75, 3.05) is 23.3 Å². The van der Waals surface area contributed by atoms with Crippen LogP contribution in [0.2, 0.25) is 5.02 Å². The largest absolute Gasteiger partial charge is 0.370 e. The van der Waals surface area contributed by atoms with Crippen LogP contribution in [0.15, 0.2) is 42.5 Å². The number of nitrogens with one attached hydrogen (secondary N) is 1. The molecule has 1 fully saturated rings. The van der Waals surface area contributed by atoms with Gasteiger partial charge in [0.05, 0.1) is 10.7 Å². The second kappa shape index (κ2) is 7.09. The normalized spacial score (nSPS) is 14.6. The predicted octanol–water partition coefficient (Wildman–Crippen LogP) is 5.49. The number of carbonyl (C=O) groups excluding carboxylic acids is 1. The summed E-state index contributed by atoms with van der Waals surface area (Å²) in [4.78, 5) is 14.8. The maximum atomic E-state index is 12.5. The average molecular weight is 357 g/mol. The Morgan fingerprint density at radius 3 is 2.24 bits per heavy atom. The molecule has 2 aromatic rings. The van der Waals surface area contributed by atoms with Crippen LogP contribution in [-0.2, 0) is 5.41 Å². The summed E-state index contributed by atoms with van der Waals surface area (Å²) >= 11 is 6.42. The number of rotatable bonds is 3. The van der Waals surface area contributed by atoms with Gasteiger partial charge in [0.25, 0.3) is 5.91 Å². The van der Waals surface area contributed by atoms with Gasteiger partial charge in [0.1, 0.15) is 0 Å². The molecule has 1 N–H and O–H groups in total. The Hall–Kier alpha value is -2.00. The fraction of sp³-hybridized carbons (Fsp3) is 0.381. The van der Waals surface area contributed by atoms with Crippen LogP contribution < -0.4 is 10.2 Å². The minimum absolute atomic E-state index is 0.0773. The van der Waals surface area contributed by atoms with Gasteiger partial charge in [-0.1, -0.05) is 44.5 Å². The number of amides is 1. The zero-order chi connectivity index (χ0) is 18.0. The molecule has 1 aliphatic heterocycles. The van der Waals surface area contributed by atoms with Gasteiger partial charge in [0, 0.05) is 24.3 Å². The van der Waals surface area contributed by atoms with Crippen LogP contribution in [-0.4, -0.2) is 19.0 Å². The van der Waals surface area contributed by atoms with E-state index in [4.69, 9.17) is 11.6 Å². The molecule has 2 aromatic carbocycles. The average Bonchev–Trinajstić information content (AvgIpc) is 3.08. The minimum Gasteiger partial charge on any atom is -0.370 e. The lowest BCUT2D eigenvalue weighted by Gasteiger charge is -2.20. The lowest BCUT2D eigenvalue weighted by atomic mass is 9.87. The molecule has 1 amide bonds. The molecule has 3 rings (SSSR count). The Bertz CT molecular complexity index is 756. The molecule has 0 unspecified atom stereocenters. The summed E-state index contributed by atoms with van der Waals surface area (Å²) in [6.45, 7) is 8.57. The first-order valence-electron chi connectivity index (χ1n) is 8.81. The molecule has 0 saturated carbocycles. The van der Waals surface area contributed by atoms with E-state index in [1.807, 2.05) is 42.5 Å². The molecule has 0 spiro atoms. The van der Waals surface area contributed by atoms with Crippen molar-refractivity contribution in [3.8, 4) is 0 Å². The Balaban J connectivity index is 1.71. The predicted molar refractivity (Wildman–Crippen MR) is 106 cm³/mol. The van der Waals surface area contributed by atoms with Crippen LogP contribution in [0.3, 0.4) is 0 Å². The van der Waals surface area contributed by atoms with Gasteiger partial charge < -0.3 is 10.2 Å². The summed E-state index contributed by atoms with van der Waals surface area (Å²) < 4.78 is 0. The van der Waals surface area contributed by atoms with Crippen LogP contribution in [0.1, 0.15) is 49.5 Å². The topological polar surface area (TPSA) is 32.3 Å². The maximum Gasteiger partial charge on any atom is 0.255 e. The number of nitrogens with zero attached hydrogens (tertiary/aromatic N) is 1. The second-order valence-corrected chi connectivity index (χ2v) is 8.05. The molecule has 132 valence electrons. The summed E-state index contributed by atoms with van der Waals surface area (Å²) in [5.41, 5.74) is 3.70. The van der Waals surface area contributed by atoms with E-state index in [0.717, 1.165) is 24.5 Å². The molecule has 4 heteroatoms. The Kier molecular flexibility index (Phi) is 5.05. The number of carbonyl (C=O) groups is 1. The van der Waals surface area contributed by atoms with Gasteiger partial charge in [0.2, 0.25) is 0 Å². The first-order chi connectivity index (χ1) is 11.8. The second-order valence-electron chi connectivity index (χ2n) is 7.64. The van der Waals surface area contributed by atoms with E-state index in [9.17, 15) is 4.79 Å². The van der Waals surface area contributed by atoms with E-state index >= 15 is 0 Å². The number of anilines is 2. The first kappa shape index (κ1) is 17.8. The van der Waals surface area contributed by atoms with Gasteiger partial charge in [-0.05, 0) is 54.2 Å². The van der Waals surface area contributed by atoms with Gasteiger partial charge in [-0.2, -0.15) is 0 Å². The van der Waals surface area contributed by atoms with Crippen molar-refractivity contribution in [2.24, 2.45) is 0 Å². The van der Waals surface area contributed by atoms with Crippen molar-refractivity contribution in [3.05, 3.63) is 58.6 Å². The standard InChI is InChI=1S/C21H25ClN2O/c1-21(2,3)16-8-6-15(7-9-16)20(25)23-17-10-11-19(18(22)14-17)24-12-4-5-13-24/h6-11,14H,4-5,12-13H2,1-3H3,(H,23,25). The van der Waals surface area contributed by atoms with Crippen LogP contribution >= 0.6 is 11.6 Å². The summed E-state index contributed by atoms with van der Waals surface area (Å²) in [5.74, 6) is -0.120. The number of hydrogen-bond acceptors (Lipinski definition) is 2. The minimum atomic E-state index is -0.120. The van der Waals surface area contributed by atoms with Crippen LogP contribution in [0.4, 0.5) is 11.4 Å². The van der Waals surface area contributed by atoms with Gasteiger partial charge in [-0.25, -0.2) is 0 Å². The maximum absolute atomic E-state index is 12.5. The lowest BCUT2D eigenvalue weighted by molar-refractivity contribution is 0.102. The van der Waals surface area contributed by atoms with E-state index in [-0.39, 0.29) is 11.3 Å². The molecule has 0 aliphatic carbocycles. The summed E-state index contributed by atoms with van der Waals surface area (Å²) in [5, 5.41) is 3.62. The molecule has 0 bridgehead atoms. The third-order valence-electron chi connectivity index (χ3n) is 4.67. The van der Waals surface area contributed by atoms with E-state index in [0.29, 0.717) is 10.6 Å². The smallest absolute Gasteiger partial charge is 0.255 e. The van der Waals surface area contributed by atoms with E-state index in [1.165, 1.54) is 18.4 Å². The van der Waals surface area contributed by atoms with Gasteiger partial charge >= 0.3 is 0 Å². The zero-order valence-electron chi connectivity index (χ0n) is 15.1. The van der Waals surface area contributed by atoms with Crippen LogP contribution in [0.25, 0.3) is 0 Å². The van der Waals surface area contributed by atoms with Gasteiger partial charge in [-0.3, -0.25) is 4.79 Å². The van der Waals surface area contributed by atoms with Crippen molar-refractivity contribution >= 4 is 28.9 Å². The number of hydrogen-bond donors (Lipinski definition) is 1. The summed E-state index contributed by atoms with van der Waals surface area (Å²) in [6.07, 6.45) is 2.42. The lowest BCUT2D eigenvalue weighted by Crippen LogP contribution is -2.18. The Morgan fingerprint density at radius 1 is 1.04 bits per heavy atom. The van der Waals surface area contributed by atoms with Crippen molar-refractivity contribution in [1.29, 1.82) is 0 Å². The third-order valence-corrected chi connectivity index (χ3v) is 4.97. The van der Waals surface area contributed by atoms with Gasteiger partial charge in [-0.15, -0.1) is 0 Å². The van der Waals surface area contributed by atoms with Crippen LogP contribution in [0, 0.1) is 0 Å². The quantitative estimate of drug-likeness (QED) is 0.788. The molecule has 0 aromatic heterocycles. The molecule has 25 heavy (non-hydrogen) atoms. The molecule has 1 aliphatic rings. The van der Waals surface area contributed by atoms with Gasteiger partial charge in [0.15, 0.2) is 0 Å². The molecule has 0 radical (unpaired) electrons. The summed E-state index contributed by atoms with van der Waals surface area (Å²) in [7, 11) is 0. The van der Waals surface area contributed by atoms with E-state index < -0.39 is 0 Å². The fourth-order valence-electron chi connectivity index (χ4n) is 3.12. The van der Waals surface area contributed by atoms with Crippen molar-refractivity contribution in [2.45, 2.75) is 39.0 Å². The fourth-order valence-corrected chi connectivity index (χ4v) is 3.42. The van der Waals surface area contributed by atoms with Crippen molar-refractivity contribution in [1.82, 2.24) is 0 Å². The number of halogens is 1. The number of benzene rings is 2. The van der Waals surface area contributed by atoms with Crippen molar-refractivity contribution < 1.29 is 4.79 Å². The molecule has 0 atom stereocenters. The highest BCUT2D eigenvalue weighted by molar-refractivity contribution is 6.33. The molecular weight excluding hydrogens is 332 g/mol. The Morgan fingerprint density at radius 2 is 1.68 bits per heavy atom. The highest BCUT2D eigenvalue weighted by Crippen LogP contribution is 2.31. The molecule has 1 saturated heterocycles. The monoisotopic (exact) mass is 356 g/mol. The first-order valence-corrected chi connectivity index (χ1v) is 9.19. The molecule has 1 heterocycles. The summed E-state index contributed by atoms with van der Waals surface area (Å²) in [6, 6.07) is 13.5. The highest BCUT2D eigenvalue weighted by Gasteiger charge is 2.17. The van der Waals surface area contributed by atoms with E-state index in [2.05, 4.69) is 31.0 Å². The zero-order valence-corrected chi connectivity index (χ0v) is 15.9. The SMILES string of the molecule is CC(C)(C)c1ccc(C(=O)Nc2ccc(N3CCCC3)c(Cl)c2)cc1. The van der Waals surface area contributed by atoms with E-state index in [1.54, 1.807) is 0 Å². The highest BCUT2D eigenvalue weighted by atomic mass is 35.5. The third kappa shape index (κ3) is 4.16.